The Kier molecular flexibility index (Phi) is 3.14. The van der Waals surface area contributed by atoms with Gasteiger partial charge in [0, 0.05) is 23.6 Å². The Morgan fingerprint density at radius 1 is 0.913 bits per heavy atom. The van der Waals surface area contributed by atoms with Crippen molar-refractivity contribution >= 4 is 19.4 Å². The van der Waals surface area contributed by atoms with E-state index in [-0.39, 0.29) is 0 Å². The van der Waals surface area contributed by atoms with Crippen molar-refractivity contribution in [2.45, 2.75) is 45.7 Å². The predicted molar refractivity (Wildman–Crippen MR) is 102 cm³/mol. The number of aryl methyl sites for hydroxylation is 2. The molecule has 0 saturated carbocycles. The highest BCUT2D eigenvalue weighted by molar-refractivity contribution is 6.78. The lowest BCUT2D eigenvalue weighted by Crippen LogP contribution is -2.55. The van der Waals surface area contributed by atoms with Crippen LogP contribution in [0.4, 0.5) is 11.4 Å². The van der Waals surface area contributed by atoms with E-state index in [0.29, 0.717) is 5.67 Å². The standard InChI is InChI=1S/C20H26N2Si/c1-14-6-8-18-16(10-14)12-21-13-22(18)20(23(3,4)5)17-11-15(2)7-9-19(17)21/h6-11,20H,12-13H2,1-5H3/t20-/m0/s1. The van der Waals surface area contributed by atoms with Crippen LogP contribution in [0, 0.1) is 13.8 Å². The molecule has 2 nitrogen and oxygen atoms in total. The van der Waals surface area contributed by atoms with Crippen LogP contribution in [0.25, 0.3) is 0 Å². The van der Waals surface area contributed by atoms with Gasteiger partial charge in [0.15, 0.2) is 0 Å². The van der Waals surface area contributed by atoms with Crippen LogP contribution in [0.5, 0.6) is 0 Å². The molecule has 0 aliphatic carbocycles. The fourth-order valence-corrected chi connectivity index (χ4v) is 6.62. The van der Waals surface area contributed by atoms with Crippen LogP contribution in [-0.4, -0.2) is 14.7 Å². The summed E-state index contributed by atoms with van der Waals surface area (Å²) in [4.78, 5) is 5.22. The number of anilines is 2. The third-order valence-electron chi connectivity index (χ3n) is 5.18. The van der Waals surface area contributed by atoms with Gasteiger partial charge in [-0.3, -0.25) is 0 Å². The van der Waals surface area contributed by atoms with Crippen molar-refractivity contribution in [3.8, 4) is 0 Å². The van der Waals surface area contributed by atoms with Crippen LogP contribution in [0.1, 0.15) is 27.9 Å². The minimum Gasteiger partial charge on any atom is -0.349 e. The van der Waals surface area contributed by atoms with Gasteiger partial charge in [0.1, 0.15) is 0 Å². The Hall–Kier alpha value is -1.74. The molecule has 4 rings (SSSR count). The van der Waals surface area contributed by atoms with Crippen molar-refractivity contribution in [2.24, 2.45) is 0 Å². The minimum atomic E-state index is -1.39. The Bertz CT molecular complexity index is 776. The quantitative estimate of drug-likeness (QED) is 0.680. The third kappa shape index (κ3) is 2.29. The van der Waals surface area contributed by atoms with Gasteiger partial charge >= 0.3 is 0 Å². The molecule has 2 aromatic rings. The maximum atomic E-state index is 2.67. The molecule has 120 valence electrons. The number of benzene rings is 2. The summed E-state index contributed by atoms with van der Waals surface area (Å²) in [5, 5.41) is 0. The summed E-state index contributed by atoms with van der Waals surface area (Å²) in [7, 11) is -1.39. The van der Waals surface area contributed by atoms with Gasteiger partial charge in [-0.25, -0.2) is 0 Å². The molecule has 2 bridgehead atoms. The second-order valence-corrected chi connectivity index (χ2v) is 13.6. The van der Waals surface area contributed by atoms with E-state index in [1.165, 1.54) is 28.1 Å². The normalized spacial score (nSPS) is 19.4. The van der Waals surface area contributed by atoms with Crippen LogP contribution < -0.4 is 9.80 Å². The molecule has 0 amide bonds. The van der Waals surface area contributed by atoms with Crippen molar-refractivity contribution < 1.29 is 0 Å². The Labute approximate surface area is 140 Å². The summed E-state index contributed by atoms with van der Waals surface area (Å²) in [6.45, 7) is 14.0. The monoisotopic (exact) mass is 322 g/mol. The minimum absolute atomic E-state index is 0.551. The molecule has 0 radical (unpaired) electrons. The average molecular weight is 323 g/mol. The van der Waals surface area contributed by atoms with Crippen molar-refractivity contribution in [3.63, 3.8) is 0 Å². The maximum absolute atomic E-state index is 2.67. The molecule has 0 aromatic heterocycles. The van der Waals surface area contributed by atoms with E-state index in [4.69, 9.17) is 0 Å². The van der Waals surface area contributed by atoms with Gasteiger partial charge < -0.3 is 9.80 Å². The number of hydrogen-bond acceptors (Lipinski definition) is 2. The van der Waals surface area contributed by atoms with Gasteiger partial charge in [-0.1, -0.05) is 55.0 Å². The molecule has 0 unspecified atom stereocenters. The summed E-state index contributed by atoms with van der Waals surface area (Å²) >= 11 is 0. The van der Waals surface area contributed by atoms with Crippen molar-refractivity contribution in [2.75, 3.05) is 16.5 Å². The van der Waals surface area contributed by atoms with Crippen molar-refractivity contribution in [3.05, 3.63) is 58.7 Å². The lowest BCUT2D eigenvalue weighted by atomic mass is 9.99. The van der Waals surface area contributed by atoms with Gasteiger partial charge in [-0.15, -0.1) is 0 Å². The van der Waals surface area contributed by atoms with Gasteiger partial charge in [-0.05, 0) is 37.1 Å². The van der Waals surface area contributed by atoms with Crippen LogP contribution in [0.3, 0.4) is 0 Å². The van der Waals surface area contributed by atoms with E-state index in [1.54, 1.807) is 5.56 Å². The van der Waals surface area contributed by atoms with Gasteiger partial charge in [0.25, 0.3) is 0 Å². The molecule has 3 heteroatoms. The van der Waals surface area contributed by atoms with Gasteiger partial charge in [0.2, 0.25) is 0 Å². The summed E-state index contributed by atoms with van der Waals surface area (Å²) in [5.74, 6) is 0. The molecule has 2 heterocycles. The highest BCUT2D eigenvalue weighted by Crippen LogP contribution is 2.47. The highest BCUT2D eigenvalue weighted by Gasteiger charge is 2.42. The largest absolute Gasteiger partial charge is 0.349 e. The fourth-order valence-electron chi connectivity index (χ4n) is 4.30. The summed E-state index contributed by atoms with van der Waals surface area (Å²) in [6, 6.07) is 14.0. The number of nitrogens with zero attached hydrogens (tertiary/aromatic N) is 2. The molecule has 0 spiro atoms. The van der Waals surface area contributed by atoms with E-state index in [2.05, 4.69) is 79.7 Å². The van der Waals surface area contributed by atoms with Crippen LogP contribution in [0.15, 0.2) is 36.4 Å². The van der Waals surface area contributed by atoms with E-state index in [0.717, 1.165) is 13.2 Å². The molecule has 2 aliphatic heterocycles. The van der Waals surface area contributed by atoms with E-state index in [1.807, 2.05) is 0 Å². The van der Waals surface area contributed by atoms with Gasteiger partial charge in [-0.2, -0.15) is 0 Å². The van der Waals surface area contributed by atoms with Gasteiger partial charge in [0.05, 0.1) is 14.7 Å². The first-order chi connectivity index (χ1) is 10.8. The Balaban J connectivity index is 1.94. The average Bonchev–Trinajstić information content (AvgIpc) is 2.45. The molecule has 0 fully saturated rings. The maximum Gasteiger partial charge on any atom is 0.0909 e. The first-order valence-electron chi connectivity index (χ1n) is 8.56. The molecule has 0 N–H and O–H groups in total. The summed E-state index contributed by atoms with van der Waals surface area (Å²) < 4.78 is 0. The Morgan fingerprint density at radius 2 is 1.57 bits per heavy atom. The SMILES string of the molecule is Cc1ccc2c(c1)CN1CN2[C@@H]([Si](C)(C)C)c2cc(C)ccc21. The second kappa shape index (κ2) is 4.87. The predicted octanol–water partition coefficient (Wildman–Crippen LogP) is 5.02. The molecule has 2 aromatic carbocycles. The number of rotatable bonds is 1. The first kappa shape index (κ1) is 14.8. The highest BCUT2D eigenvalue weighted by atomic mass is 28.3. The molecule has 1 atom stereocenters. The van der Waals surface area contributed by atoms with E-state index >= 15 is 0 Å². The third-order valence-corrected chi connectivity index (χ3v) is 7.44. The molecular weight excluding hydrogens is 296 g/mol. The summed E-state index contributed by atoms with van der Waals surface area (Å²) in [5.41, 5.74) is 9.21. The molecular formula is C20H26N2Si. The fraction of sp³-hybridized carbons (Fsp3) is 0.400. The zero-order chi connectivity index (χ0) is 16.4. The lowest BCUT2D eigenvalue weighted by molar-refractivity contribution is 0.625. The van der Waals surface area contributed by atoms with Crippen LogP contribution >= 0.6 is 0 Å². The number of fused-ring (bicyclic) bond motifs is 6. The lowest BCUT2D eigenvalue weighted by Gasteiger charge is -2.53. The smallest absolute Gasteiger partial charge is 0.0909 e. The zero-order valence-corrected chi connectivity index (χ0v) is 15.9. The molecule has 0 saturated heterocycles. The zero-order valence-electron chi connectivity index (χ0n) is 14.9. The Morgan fingerprint density at radius 3 is 2.26 bits per heavy atom. The van der Waals surface area contributed by atoms with Crippen molar-refractivity contribution in [1.29, 1.82) is 0 Å². The van der Waals surface area contributed by atoms with E-state index < -0.39 is 8.07 Å². The van der Waals surface area contributed by atoms with Crippen LogP contribution in [0.2, 0.25) is 19.6 Å². The summed E-state index contributed by atoms with van der Waals surface area (Å²) in [6.07, 6.45) is 0. The van der Waals surface area contributed by atoms with Crippen LogP contribution in [-0.2, 0) is 6.54 Å². The van der Waals surface area contributed by atoms with E-state index in [9.17, 15) is 0 Å². The molecule has 23 heavy (non-hydrogen) atoms. The first-order valence-corrected chi connectivity index (χ1v) is 12.1. The number of hydrogen-bond donors (Lipinski definition) is 0. The molecule has 2 aliphatic rings. The van der Waals surface area contributed by atoms with Crippen molar-refractivity contribution in [1.82, 2.24) is 0 Å². The topological polar surface area (TPSA) is 6.48 Å². The second-order valence-electron chi connectivity index (χ2n) is 8.27.